The van der Waals surface area contributed by atoms with E-state index in [0.29, 0.717) is 12.1 Å². The summed E-state index contributed by atoms with van der Waals surface area (Å²) < 4.78 is 34.2. The number of fused-ring (bicyclic) bond motifs is 1. The molecule has 0 unspecified atom stereocenters. The van der Waals surface area contributed by atoms with Crippen molar-refractivity contribution >= 4 is 10.0 Å². The van der Waals surface area contributed by atoms with Gasteiger partial charge in [-0.05, 0) is 44.3 Å². The van der Waals surface area contributed by atoms with Crippen molar-refractivity contribution in [2.75, 3.05) is 26.7 Å². The minimum Gasteiger partial charge on any atom is -0.487 e. The van der Waals surface area contributed by atoms with E-state index in [9.17, 15) is 13.5 Å². The van der Waals surface area contributed by atoms with Crippen molar-refractivity contribution in [2.24, 2.45) is 5.92 Å². The van der Waals surface area contributed by atoms with Crippen molar-refractivity contribution in [3.05, 3.63) is 53.9 Å². The van der Waals surface area contributed by atoms with Gasteiger partial charge in [0, 0.05) is 48.6 Å². The van der Waals surface area contributed by atoms with Gasteiger partial charge in [-0.15, -0.1) is 0 Å². The number of nitrogens with zero attached hydrogens (tertiary/aromatic N) is 2. The van der Waals surface area contributed by atoms with Crippen molar-refractivity contribution in [1.82, 2.24) is 14.6 Å². The molecular weight excluding hydrogens is 402 g/mol. The Morgan fingerprint density at radius 2 is 2.10 bits per heavy atom. The van der Waals surface area contributed by atoms with E-state index in [1.54, 1.807) is 37.5 Å². The molecule has 0 spiro atoms. The first-order valence-electron chi connectivity index (χ1n) is 9.87. The fourth-order valence-electron chi connectivity index (χ4n) is 3.33. The molecule has 8 heteroatoms. The minimum absolute atomic E-state index is 0.0838. The average Bonchev–Trinajstić information content (AvgIpc) is 2.75. The number of hydrogen-bond acceptors (Lipinski definition) is 6. The molecular formula is C22H27N3O4S. The highest BCUT2D eigenvalue weighted by molar-refractivity contribution is 7.89. The van der Waals surface area contributed by atoms with Crippen LogP contribution in [0.3, 0.4) is 0 Å². The standard InChI is InChI=1S/C22H27N3O4S/c1-16-14-25(17(2)15-26)30(27,28)22-9-8-18(6-7-19-5-4-10-24-12-19)11-20(22)29-21(16)13-23-3/h4-5,8-12,16-17,21,23,26H,13-15H2,1-3H3/t16-,17-,21+/m0/s1. The van der Waals surface area contributed by atoms with Crippen LogP contribution in [0.15, 0.2) is 47.6 Å². The Hall–Kier alpha value is -2.44. The Bertz CT molecular complexity index is 1030. The van der Waals surface area contributed by atoms with Gasteiger partial charge in [-0.25, -0.2) is 8.42 Å². The maximum absolute atomic E-state index is 13.4. The van der Waals surface area contributed by atoms with E-state index in [4.69, 9.17) is 4.74 Å². The molecule has 2 heterocycles. The predicted octanol–water partition coefficient (Wildman–Crippen LogP) is 1.47. The van der Waals surface area contributed by atoms with E-state index < -0.39 is 16.1 Å². The van der Waals surface area contributed by atoms with Crippen molar-refractivity contribution in [2.45, 2.75) is 30.9 Å². The zero-order valence-electron chi connectivity index (χ0n) is 17.4. The summed E-state index contributed by atoms with van der Waals surface area (Å²) in [7, 11) is -2.01. The van der Waals surface area contributed by atoms with E-state index >= 15 is 0 Å². The lowest BCUT2D eigenvalue weighted by Crippen LogP contribution is -2.49. The van der Waals surface area contributed by atoms with Crippen LogP contribution in [0.25, 0.3) is 0 Å². The first-order valence-corrected chi connectivity index (χ1v) is 11.3. The van der Waals surface area contributed by atoms with Crippen molar-refractivity contribution < 1.29 is 18.3 Å². The molecule has 1 aromatic carbocycles. The summed E-state index contributed by atoms with van der Waals surface area (Å²) in [6, 6.07) is 7.99. The third-order valence-electron chi connectivity index (χ3n) is 5.09. The second-order valence-electron chi connectivity index (χ2n) is 7.45. The number of hydrogen-bond donors (Lipinski definition) is 2. The van der Waals surface area contributed by atoms with E-state index in [-0.39, 0.29) is 35.8 Å². The van der Waals surface area contributed by atoms with Gasteiger partial charge in [-0.2, -0.15) is 4.31 Å². The molecule has 0 fully saturated rings. The lowest BCUT2D eigenvalue weighted by molar-refractivity contribution is 0.103. The molecule has 3 rings (SSSR count). The van der Waals surface area contributed by atoms with E-state index in [0.717, 1.165) is 5.56 Å². The topological polar surface area (TPSA) is 91.8 Å². The maximum Gasteiger partial charge on any atom is 0.247 e. The molecule has 2 aromatic rings. The average molecular weight is 430 g/mol. The Balaban J connectivity index is 2.07. The third-order valence-corrected chi connectivity index (χ3v) is 7.10. The zero-order valence-corrected chi connectivity index (χ0v) is 18.2. The minimum atomic E-state index is -3.84. The molecule has 0 aliphatic carbocycles. The van der Waals surface area contributed by atoms with Crippen LogP contribution in [-0.2, 0) is 10.0 Å². The normalized spacial score (nSPS) is 21.9. The number of nitrogens with one attached hydrogen (secondary N) is 1. The quantitative estimate of drug-likeness (QED) is 0.716. The van der Waals surface area contributed by atoms with Crippen LogP contribution >= 0.6 is 0 Å². The van der Waals surface area contributed by atoms with Crippen molar-refractivity contribution in [3.8, 4) is 17.6 Å². The number of benzene rings is 1. The molecule has 0 bridgehead atoms. The van der Waals surface area contributed by atoms with Gasteiger partial charge < -0.3 is 15.2 Å². The number of aliphatic hydroxyl groups excluding tert-OH is 1. The molecule has 0 radical (unpaired) electrons. The van der Waals surface area contributed by atoms with Crippen LogP contribution in [0.4, 0.5) is 0 Å². The maximum atomic E-state index is 13.4. The summed E-state index contributed by atoms with van der Waals surface area (Å²) >= 11 is 0. The summed E-state index contributed by atoms with van der Waals surface area (Å²) in [6.45, 7) is 4.22. The second-order valence-corrected chi connectivity index (χ2v) is 9.31. The summed E-state index contributed by atoms with van der Waals surface area (Å²) in [6.07, 6.45) is 3.11. The Labute approximate surface area is 178 Å². The number of sulfonamides is 1. The number of likely N-dealkylation sites (N-methyl/N-ethyl adjacent to an activating group) is 1. The number of aliphatic hydroxyl groups is 1. The molecule has 2 N–H and O–H groups in total. The van der Waals surface area contributed by atoms with Crippen molar-refractivity contribution in [3.63, 3.8) is 0 Å². The van der Waals surface area contributed by atoms with Gasteiger partial charge in [0.2, 0.25) is 10.0 Å². The number of aromatic nitrogens is 1. The van der Waals surface area contributed by atoms with Gasteiger partial charge in [0.25, 0.3) is 0 Å². The smallest absolute Gasteiger partial charge is 0.247 e. The van der Waals surface area contributed by atoms with Gasteiger partial charge in [0.15, 0.2) is 0 Å². The molecule has 0 amide bonds. The fourth-order valence-corrected chi connectivity index (χ4v) is 5.15. The predicted molar refractivity (Wildman–Crippen MR) is 115 cm³/mol. The third kappa shape index (κ3) is 4.82. The molecule has 0 saturated heterocycles. The van der Waals surface area contributed by atoms with Gasteiger partial charge in [0.05, 0.1) is 6.61 Å². The summed E-state index contributed by atoms with van der Waals surface area (Å²) in [5, 5.41) is 12.7. The molecule has 3 atom stereocenters. The molecule has 0 saturated carbocycles. The molecule has 30 heavy (non-hydrogen) atoms. The van der Waals surface area contributed by atoms with Gasteiger partial charge in [0.1, 0.15) is 16.7 Å². The monoisotopic (exact) mass is 429 g/mol. The van der Waals surface area contributed by atoms with E-state index in [2.05, 4.69) is 22.1 Å². The molecule has 1 aliphatic heterocycles. The Morgan fingerprint density at radius 1 is 1.33 bits per heavy atom. The van der Waals surface area contributed by atoms with Crippen LogP contribution in [0.2, 0.25) is 0 Å². The van der Waals surface area contributed by atoms with Gasteiger partial charge in [-0.1, -0.05) is 18.8 Å². The summed E-state index contributed by atoms with van der Waals surface area (Å²) in [4.78, 5) is 4.13. The largest absolute Gasteiger partial charge is 0.487 e. The number of ether oxygens (including phenoxy) is 1. The lowest BCUT2D eigenvalue weighted by Gasteiger charge is -2.36. The highest BCUT2D eigenvalue weighted by Crippen LogP contribution is 2.33. The summed E-state index contributed by atoms with van der Waals surface area (Å²) in [5.74, 6) is 6.26. The van der Waals surface area contributed by atoms with E-state index in [1.807, 2.05) is 20.0 Å². The lowest BCUT2D eigenvalue weighted by atomic mass is 10.0. The number of pyridine rings is 1. The van der Waals surface area contributed by atoms with Gasteiger partial charge in [-0.3, -0.25) is 4.98 Å². The Morgan fingerprint density at radius 3 is 2.77 bits per heavy atom. The van der Waals surface area contributed by atoms with Crippen molar-refractivity contribution in [1.29, 1.82) is 0 Å². The highest BCUT2D eigenvalue weighted by atomic mass is 32.2. The first-order chi connectivity index (χ1) is 14.4. The second kappa shape index (κ2) is 9.58. The van der Waals surface area contributed by atoms with Gasteiger partial charge >= 0.3 is 0 Å². The Kier molecular flexibility index (Phi) is 7.10. The van der Waals surface area contributed by atoms with Crippen LogP contribution in [-0.4, -0.2) is 61.7 Å². The number of rotatable bonds is 4. The molecule has 1 aromatic heterocycles. The SMILES string of the molecule is CNC[C@H]1Oc2cc(C#Cc3cccnc3)ccc2S(=O)(=O)N([C@@H](C)CO)C[C@@H]1C. The van der Waals surface area contributed by atoms with Crippen LogP contribution in [0.5, 0.6) is 5.75 Å². The molecule has 160 valence electrons. The van der Waals surface area contributed by atoms with Crippen LogP contribution < -0.4 is 10.1 Å². The molecule has 1 aliphatic rings. The summed E-state index contributed by atoms with van der Waals surface area (Å²) in [5.41, 5.74) is 1.41. The van der Waals surface area contributed by atoms with E-state index in [1.165, 1.54) is 10.4 Å². The van der Waals surface area contributed by atoms with Crippen LogP contribution in [0.1, 0.15) is 25.0 Å². The highest BCUT2D eigenvalue weighted by Gasteiger charge is 2.37. The first kappa shape index (κ1) is 22.2. The van der Waals surface area contributed by atoms with Crippen LogP contribution in [0, 0.1) is 17.8 Å². The molecule has 7 nitrogen and oxygen atoms in total. The fraction of sp³-hybridized carbons (Fsp3) is 0.409. The zero-order chi connectivity index (χ0) is 21.7.